The van der Waals surface area contributed by atoms with Crippen molar-refractivity contribution in [2.75, 3.05) is 6.61 Å². The number of aryl methyl sites for hydroxylation is 1. The van der Waals surface area contributed by atoms with Gasteiger partial charge in [-0.05, 0) is 42.5 Å². The van der Waals surface area contributed by atoms with Gasteiger partial charge in [0.2, 0.25) is 0 Å². The van der Waals surface area contributed by atoms with E-state index in [1.165, 1.54) is 36.8 Å². The largest absolute Gasteiger partial charge is 0.463 e. The van der Waals surface area contributed by atoms with Crippen molar-refractivity contribution in [3.8, 4) is 0 Å². The highest BCUT2D eigenvalue weighted by molar-refractivity contribution is 7.12. The van der Waals surface area contributed by atoms with Gasteiger partial charge in [-0.1, -0.05) is 31.2 Å². The van der Waals surface area contributed by atoms with E-state index < -0.39 is 42.3 Å². The quantitative estimate of drug-likeness (QED) is 0.379. The topological polar surface area (TPSA) is 88.1 Å². The molecule has 1 fully saturated rings. The van der Waals surface area contributed by atoms with Crippen LogP contribution in [0.2, 0.25) is 0 Å². The molecule has 0 N–H and O–H groups in total. The molecule has 0 spiro atoms. The van der Waals surface area contributed by atoms with Crippen LogP contribution in [-0.2, 0) is 46.2 Å². The van der Waals surface area contributed by atoms with Crippen LogP contribution in [0, 0.1) is 13.8 Å². The zero-order chi connectivity index (χ0) is 25.7. The zero-order valence-electron chi connectivity index (χ0n) is 21.2. The van der Waals surface area contributed by atoms with Crippen molar-refractivity contribution in [3.05, 3.63) is 56.3 Å². The van der Waals surface area contributed by atoms with Crippen LogP contribution in [0.3, 0.4) is 0 Å². The SMILES string of the molecule is CCc1ccc(Cc2sc([C@@H]3O[C@H](COC(C)=O)C[C@H](OC(C)=O)[C@H]3OC(C)=O)c(C)c2C)cc1. The fourth-order valence-corrected chi connectivity index (χ4v) is 5.74. The molecule has 2 heterocycles. The molecule has 1 aliphatic rings. The van der Waals surface area contributed by atoms with Crippen LogP contribution in [0.1, 0.15) is 72.2 Å². The molecule has 1 saturated heterocycles. The first-order chi connectivity index (χ1) is 16.6. The normalized spacial score (nSPS) is 21.9. The van der Waals surface area contributed by atoms with E-state index in [4.69, 9.17) is 18.9 Å². The summed E-state index contributed by atoms with van der Waals surface area (Å²) in [5, 5.41) is 0. The number of esters is 3. The first kappa shape index (κ1) is 26.9. The molecule has 0 aliphatic carbocycles. The zero-order valence-corrected chi connectivity index (χ0v) is 22.0. The van der Waals surface area contributed by atoms with E-state index in [2.05, 4.69) is 38.1 Å². The second-order valence-electron chi connectivity index (χ2n) is 8.93. The lowest BCUT2D eigenvalue weighted by Gasteiger charge is -2.40. The highest BCUT2D eigenvalue weighted by Gasteiger charge is 2.45. The van der Waals surface area contributed by atoms with Crippen molar-refractivity contribution in [1.82, 2.24) is 0 Å². The minimum Gasteiger partial charge on any atom is -0.463 e. The van der Waals surface area contributed by atoms with Gasteiger partial charge in [0.25, 0.3) is 0 Å². The molecule has 1 aromatic carbocycles. The maximum atomic E-state index is 12.0. The number of carbonyl (C=O) groups is 3. The molecule has 0 radical (unpaired) electrons. The van der Waals surface area contributed by atoms with Crippen LogP contribution in [0.4, 0.5) is 0 Å². The predicted molar refractivity (Wildman–Crippen MR) is 132 cm³/mol. The summed E-state index contributed by atoms with van der Waals surface area (Å²) >= 11 is 1.61. The highest BCUT2D eigenvalue weighted by Crippen LogP contribution is 2.42. The molecule has 3 rings (SSSR count). The molecule has 1 aliphatic heterocycles. The van der Waals surface area contributed by atoms with Crippen LogP contribution in [0.25, 0.3) is 0 Å². The number of carbonyl (C=O) groups excluding carboxylic acids is 3. The van der Waals surface area contributed by atoms with Crippen molar-refractivity contribution < 1.29 is 33.3 Å². The van der Waals surface area contributed by atoms with Gasteiger partial charge in [0.05, 0.1) is 6.10 Å². The van der Waals surface area contributed by atoms with Crippen LogP contribution >= 0.6 is 11.3 Å². The summed E-state index contributed by atoms with van der Waals surface area (Å²) in [6.45, 7) is 10.2. The summed E-state index contributed by atoms with van der Waals surface area (Å²) in [6, 6.07) is 8.60. The Morgan fingerprint density at radius 1 is 0.943 bits per heavy atom. The Labute approximate surface area is 210 Å². The van der Waals surface area contributed by atoms with Crippen molar-refractivity contribution in [2.24, 2.45) is 0 Å². The van der Waals surface area contributed by atoms with Gasteiger partial charge in [-0.2, -0.15) is 0 Å². The summed E-state index contributed by atoms with van der Waals surface area (Å²) in [5.74, 6) is -1.38. The number of rotatable bonds is 8. The lowest BCUT2D eigenvalue weighted by Crippen LogP contribution is -2.48. The average molecular weight is 503 g/mol. The van der Waals surface area contributed by atoms with Gasteiger partial charge in [-0.25, -0.2) is 0 Å². The second kappa shape index (κ2) is 11.8. The third-order valence-electron chi connectivity index (χ3n) is 6.23. The number of hydrogen-bond acceptors (Lipinski definition) is 8. The minimum absolute atomic E-state index is 0.0242. The Kier molecular flexibility index (Phi) is 9.08. The number of benzene rings is 1. The Hall–Kier alpha value is -2.71. The number of thiophene rings is 1. The van der Waals surface area contributed by atoms with E-state index in [9.17, 15) is 14.4 Å². The van der Waals surface area contributed by atoms with E-state index in [-0.39, 0.29) is 13.0 Å². The second-order valence-corrected chi connectivity index (χ2v) is 10.1. The fourth-order valence-electron chi connectivity index (χ4n) is 4.31. The summed E-state index contributed by atoms with van der Waals surface area (Å²) in [6.07, 6.45) is -0.668. The van der Waals surface area contributed by atoms with E-state index in [1.54, 1.807) is 11.3 Å². The van der Waals surface area contributed by atoms with E-state index in [0.29, 0.717) is 0 Å². The highest BCUT2D eigenvalue weighted by atomic mass is 32.1. The van der Waals surface area contributed by atoms with Crippen molar-refractivity contribution in [2.45, 2.75) is 85.2 Å². The molecule has 7 nitrogen and oxygen atoms in total. The van der Waals surface area contributed by atoms with Gasteiger partial charge >= 0.3 is 17.9 Å². The summed E-state index contributed by atoms with van der Waals surface area (Å²) in [7, 11) is 0. The predicted octanol–water partition coefficient (Wildman–Crippen LogP) is 4.77. The van der Waals surface area contributed by atoms with E-state index in [1.807, 2.05) is 6.92 Å². The van der Waals surface area contributed by atoms with Gasteiger partial charge in [0.1, 0.15) is 18.8 Å². The molecule has 0 saturated carbocycles. The maximum Gasteiger partial charge on any atom is 0.303 e. The Morgan fingerprint density at radius 2 is 1.57 bits per heavy atom. The molecule has 0 bridgehead atoms. The third-order valence-corrected chi connectivity index (χ3v) is 7.68. The molecule has 4 atom stereocenters. The Balaban J connectivity index is 1.96. The van der Waals surface area contributed by atoms with Crippen LogP contribution in [-0.4, -0.2) is 42.8 Å². The molecule has 8 heteroatoms. The van der Waals surface area contributed by atoms with Crippen LogP contribution in [0.15, 0.2) is 24.3 Å². The standard InChI is InChI=1S/C27H34O7S/c1-7-20-8-10-21(11-9-20)12-24-15(2)16(3)27(35-24)26-25(33-19(6)30)23(32-18(5)29)13-22(34-26)14-31-17(4)28/h8-11,22-23,25-26H,7,12-14H2,1-6H3/t22-,23-,25+,26+/m0/s1. The minimum atomic E-state index is -0.807. The van der Waals surface area contributed by atoms with Gasteiger partial charge in [-0.3, -0.25) is 14.4 Å². The van der Waals surface area contributed by atoms with Crippen molar-refractivity contribution >= 4 is 29.2 Å². The fraction of sp³-hybridized carbons (Fsp3) is 0.519. The first-order valence-electron chi connectivity index (χ1n) is 11.9. The van der Waals surface area contributed by atoms with E-state index in [0.717, 1.165) is 28.8 Å². The molecule has 2 aromatic rings. The maximum absolute atomic E-state index is 12.0. The molecular formula is C27H34O7S. The van der Waals surface area contributed by atoms with Crippen molar-refractivity contribution in [1.29, 1.82) is 0 Å². The van der Waals surface area contributed by atoms with Gasteiger partial charge in [0, 0.05) is 43.4 Å². The summed E-state index contributed by atoms with van der Waals surface area (Å²) in [4.78, 5) is 37.3. The molecule has 1 aromatic heterocycles. The number of ether oxygens (including phenoxy) is 4. The number of hydrogen-bond donors (Lipinski definition) is 0. The van der Waals surface area contributed by atoms with Crippen LogP contribution in [0.5, 0.6) is 0 Å². The van der Waals surface area contributed by atoms with Gasteiger partial charge in [-0.15, -0.1) is 11.3 Å². The van der Waals surface area contributed by atoms with E-state index >= 15 is 0 Å². The molecule has 35 heavy (non-hydrogen) atoms. The molecule has 190 valence electrons. The first-order valence-corrected chi connectivity index (χ1v) is 12.7. The van der Waals surface area contributed by atoms with Gasteiger partial charge in [0.15, 0.2) is 6.10 Å². The third kappa shape index (κ3) is 6.92. The Morgan fingerprint density at radius 3 is 2.14 bits per heavy atom. The lowest BCUT2D eigenvalue weighted by atomic mass is 9.94. The monoisotopic (exact) mass is 502 g/mol. The summed E-state index contributed by atoms with van der Waals surface area (Å²) < 4.78 is 22.7. The average Bonchev–Trinajstić information content (AvgIpc) is 3.07. The summed E-state index contributed by atoms with van der Waals surface area (Å²) in [5.41, 5.74) is 4.71. The Bertz CT molecular complexity index is 1060. The molecular weight excluding hydrogens is 468 g/mol. The van der Waals surface area contributed by atoms with Crippen LogP contribution < -0.4 is 0 Å². The smallest absolute Gasteiger partial charge is 0.303 e. The van der Waals surface area contributed by atoms with Crippen molar-refractivity contribution in [3.63, 3.8) is 0 Å². The molecule has 0 unspecified atom stereocenters. The molecule has 0 amide bonds. The lowest BCUT2D eigenvalue weighted by molar-refractivity contribution is -0.213. The van der Waals surface area contributed by atoms with Gasteiger partial charge < -0.3 is 18.9 Å².